The number of benzene rings is 2. The van der Waals surface area contributed by atoms with Gasteiger partial charge in [-0.15, -0.1) is 0 Å². The van der Waals surface area contributed by atoms with Gasteiger partial charge in [0.15, 0.2) is 0 Å². The Labute approximate surface area is 145 Å². The Kier molecular flexibility index (Phi) is 3.58. The fraction of sp³-hybridized carbons (Fsp3) is 0.150. The first-order chi connectivity index (χ1) is 12.2. The third-order valence-corrected chi connectivity index (χ3v) is 4.49. The third kappa shape index (κ3) is 2.39. The number of methoxy groups -OCH3 is 1. The lowest BCUT2D eigenvalue weighted by molar-refractivity contribution is 0.294. The number of fused-ring (bicyclic) bond motifs is 2. The van der Waals surface area contributed by atoms with E-state index >= 15 is 0 Å². The van der Waals surface area contributed by atoms with Crippen LogP contribution < -0.4 is 15.2 Å². The number of para-hydroxylation sites is 1. The summed E-state index contributed by atoms with van der Waals surface area (Å²) in [5.41, 5.74) is 9.16. The zero-order chi connectivity index (χ0) is 17.4. The minimum absolute atomic E-state index is 0.138. The van der Waals surface area contributed by atoms with E-state index in [0.717, 1.165) is 28.2 Å². The molecular weight excluding hydrogens is 316 g/mol. The molecule has 2 aliphatic heterocycles. The average molecular weight is 332 g/mol. The highest BCUT2D eigenvalue weighted by molar-refractivity contribution is 5.75. The van der Waals surface area contributed by atoms with Crippen molar-refractivity contribution in [3.05, 3.63) is 76.7 Å². The largest absolute Gasteiger partial charge is 0.497 e. The van der Waals surface area contributed by atoms with Crippen molar-refractivity contribution >= 4 is 5.76 Å². The Hall–Kier alpha value is -3.39. The number of nitrogens with two attached hydrogens (primary N) is 1. The van der Waals surface area contributed by atoms with Crippen molar-refractivity contribution in [2.45, 2.75) is 5.92 Å². The van der Waals surface area contributed by atoms with Gasteiger partial charge in [-0.2, -0.15) is 5.26 Å². The lowest BCUT2D eigenvalue weighted by Gasteiger charge is -2.32. The van der Waals surface area contributed by atoms with E-state index in [1.54, 1.807) is 7.11 Å². The van der Waals surface area contributed by atoms with Gasteiger partial charge in [-0.1, -0.05) is 24.3 Å². The van der Waals surface area contributed by atoms with Crippen molar-refractivity contribution in [1.82, 2.24) is 0 Å². The lowest BCUT2D eigenvalue weighted by atomic mass is 9.81. The van der Waals surface area contributed by atoms with E-state index in [0.29, 0.717) is 17.9 Å². The van der Waals surface area contributed by atoms with Crippen LogP contribution in [0, 0.1) is 11.3 Å². The predicted molar refractivity (Wildman–Crippen MR) is 92.5 cm³/mol. The predicted octanol–water partition coefficient (Wildman–Crippen LogP) is 3.31. The van der Waals surface area contributed by atoms with E-state index in [1.807, 2.05) is 48.5 Å². The van der Waals surface area contributed by atoms with Crippen LogP contribution in [0.1, 0.15) is 17.0 Å². The standard InChI is InChI=1S/C20H16N2O3/c1-23-13-8-6-12(7-9-13)18-15(10-21)20(22)25-19-14-4-2-3-5-17(14)24-11-16(18)19/h2-9,18H,11,22H2,1H3/t18-/m1/s1. The molecule has 0 unspecified atom stereocenters. The molecule has 2 aromatic carbocycles. The highest BCUT2D eigenvalue weighted by Gasteiger charge is 2.36. The van der Waals surface area contributed by atoms with Gasteiger partial charge in [0.25, 0.3) is 0 Å². The zero-order valence-corrected chi connectivity index (χ0v) is 13.7. The minimum Gasteiger partial charge on any atom is -0.497 e. The number of rotatable bonds is 2. The van der Waals surface area contributed by atoms with E-state index in [2.05, 4.69) is 6.07 Å². The SMILES string of the molecule is COc1ccc([C@@H]2C(C#N)=C(N)OC3=C2COc2ccccc23)cc1. The first-order valence-electron chi connectivity index (χ1n) is 7.89. The molecule has 2 N–H and O–H groups in total. The molecule has 124 valence electrons. The normalized spacial score (nSPS) is 18.5. The van der Waals surface area contributed by atoms with E-state index in [1.165, 1.54) is 0 Å². The summed E-state index contributed by atoms with van der Waals surface area (Å²) in [6, 6.07) is 17.5. The van der Waals surface area contributed by atoms with Gasteiger partial charge in [-0.25, -0.2) is 0 Å². The van der Waals surface area contributed by atoms with Crippen LogP contribution in [0.2, 0.25) is 0 Å². The van der Waals surface area contributed by atoms with Gasteiger partial charge >= 0.3 is 0 Å². The van der Waals surface area contributed by atoms with Crippen LogP contribution in [0.15, 0.2) is 65.6 Å². The first kappa shape index (κ1) is 15.2. The summed E-state index contributed by atoms with van der Waals surface area (Å²) in [5.74, 6) is 2.03. The van der Waals surface area contributed by atoms with Gasteiger partial charge in [-0.3, -0.25) is 0 Å². The van der Waals surface area contributed by atoms with Crippen molar-refractivity contribution in [2.75, 3.05) is 13.7 Å². The van der Waals surface area contributed by atoms with Crippen molar-refractivity contribution in [3.8, 4) is 17.6 Å². The summed E-state index contributed by atoms with van der Waals surface area (Å²) in [6.07, 6.45) is 0. The minimum atomic E-state index is -0.298. The van der Waals surface area contributed by atoms with Crippen LogP contribution in [0.25, 0.3) is 5.76 Å². The Morgan fingerprint density at radius 3 is 2.64 bits per heavy atom. The molecule has 2 aromatic rings. The smallest absolute Gasteiger partial charge is 0.205 e. The van der Waals surface area contributed by atoms with Crippen LogP contribution in [0.4, 0.5) is 0 Å². The van der Waals surface area contributed by atoms with E-state index in [9.17, 15) is 5.26 Å². The van der Waals surface area contributed by atoms with E-state index in [-0.39, 0.29) is 11.8 Å². The van der Waals surface area contributed by atoms with Crippen molar-refractivity contribution in [2.24, 2.45) is 5.73 Å². The van der Waals surface area contributed by atoms with Gasteiger partial charge in [0.1, 0.15) is 35.5 Å². The summed E-state index contributed by atoms with van der Waals surface area (Å²) in [5, 5.41) is 9.62. The molecule has 0 spiro atoms. The van der Waals surface area contributed by atoms with Gasteiger partial charge < -0.3 is 19.9 Å². The number of ether oxygens (including phenoxy) is 3. The molecule has 2 heterocycles. The average Bonchev–Trinajstić information content (AvgIpc) is 2.67. The highest BCUT2D eigenvalue weighted by Crippen LogP contribution is 2.46. The molecular formula is C20H16N2O3. The number of nitrogens with zero attached hydrogens (tertiary/aromatic N) is 1. The fourth-order valence-electron chi connectivity index (χ4n) is 3.27. The van der Waals surface area contributed by atoms with Crippen molar-refractivity contribution < 1.29 is 14.2 Å². The summed E-state index contributed by atoms with van der Waals surface area (Å²) >= 11 is 0. The van der Waals surface area contributed by atoms with Crippen LogP contribution >= 0.6 is 0 Å². The molecule has 0 aromatic heterocycles. The van der Waals surface area contributed by atoms with Crippen LogP contribution in [0.3, 0.4) is 0 Å². The van der Waals surface area contributed by atoms with Crippen molar-refractivity contribution in [1.29, 1.82) is 5.26 Å². The third-order valence-electron chi connectivity index (χ3n) is 4.49. The van der Waals surface area contributed by atoms with Gasteiger partial charge in [0.2, 0.25) is 5.88 Å². The van der Waals surface area contributed by atoms with E-state index in [4.69, 9.17) is 19.9 Å². The van der Waals surface area contributed by atoms with Crippen LogP contribution in [-0.2, 0) is 4.74 Å². The Morgan fingerprint density at radius 2 is 1.92 bits per heavy atom. The molecule has 0 radical (unpaired) electrons. The van der Waals surface area contributed by atoms with Gasteiger partial charge in [0.05, 0.1) is 18.6 Å². The molecule has 4 rings (SSSR count). The number of hydrogen-bond acceptors (Lipinski definition) is 5. The molecule has 0 fully saturated rings. The second-order valence-corrected chi connectivity index (χ2v) is 5.84. The number of allylic oxidation sites excluding steroid dienone is 1. The molecule has 0 aliphatic carbocycles. The topological polar surface area (TPSA) is 77.5 Å². The quantitative estimate of drug-likeness (QED) is 0.913. The Bertz CT molecular complexity index is 936. The maximum Gasteiger partial charge on any atom is 0.205 e. The van der Waals surface area contributed by atoms with Gasteiger partial charge in [-0.05, 0) is 29.8 Å². The number of hydrogen-bond donors (Lipinski definition) is 1. The van der Waals surface area contributed by atoms with Gasteiger partial charge in [0, 0.05) is 5.57 Å². The maximum absolute atomic E-state index is 9.62. The second-order valence-electron chi connectivity index (χ2n) is 5.84. The Balaban J connectivity index is 1.88. The zero-order valence-electron chi connectivity index (χ0n) is 13.7. The molecule has 0 amide bonds. The lowest BCUT2D eigenvalue weighted by Crippen LogP contribution is -2.26. The Morgan fingerprint density at radius 1 is 1.16 bits per heavy atom. The molecule has 2 aliphatic rings. The molecule has 0 bridgehead atoms. The van der Waals surface area contributed by atoms with Crippen LogP contribution in [0.5, 0.6) is 11.5 Å². The van der Waals surface area contributed by atoms with Crippen LogP contribution in [-0.4, -0.2) is 13.7 Å². The molecule has 5 nitrogen and oxygen atoms in total. The van der Waals surface area contributed by atoms with E-state index < -0.39 is 0 Å². The van der Waals surface area contributed by atoms with Crippen molar-refractivity contribution in [3.63, 3.8) is 0 Å². The monoisotopic (exact) mass is 332 g/mol. The first-order valence-corrected chi connectivity index (χ1v) is 7.89. The number of nitriles is 1. The summed E-state index contributed by atoms with van der Waals surface area (Å²) in [6.45, 7) is 0.349. The summed E-state index contributed by atoms with van der Waals surface area (Å²) < 4.78 is 16.9. The molecule has 25 heavy (non-hydrogen) atoms. The molecule has 1 atom stereocenters. The maximum atomic E-state index is 9.62. The summed E-state index contributed by atoms with van der Waals surface area (Å²) in [4.78, 5) is 0. The second kappa shape index (κ2) is 5.91. The molecule has 5 heteroatoms. The highest BCUT2D eigenvalue weighted by atomic mass is 16.5. The molecule has 0 saturated carbocycles. The summed E-state index contributed by atoms with van der Waals surface area (Å²) in [7, 11) is 1.62. The molecule has 0 saturated heterocycles. The fourth-order valence-corrected chi connectivity index (χ4v) is 3.27.